The molecule has 0 unspecified atom stereocenters. The first kappa shape index (κ1) is 19.7. The molecule has 2 rings (SSSR count). The predicted molar refractivity (Wildman–Crippen MR) is 94.8 cm³/mol. The first-order chi connectivity index (χ1) is 12.3. The van der Waals surface area contributed by atoms with Gasteiger partial charge in [-0.25, -0.2) is 4.39 Å². The lowest BCUT2D eigenvalue weighted by Crippen LogP contribution is -2.22. The van der Waals surface area contributed by atoms with E-state index in [9.17, 15) is 24.1 Å². The third kappa shape index (κ3) is 6.01. The van der Waals surface area contributed by atoms with Crippen molar-refractivity contribution in [2.45, 2.75) is 4.90 Å². The topological polar surface area (TPSA) is 98.5 Å². The van der Waals surface area contributed by atoms with Crippen LogP contribution in [0.25, 0.3) is 0 Å². The van der Waals surface area contributed by atoms with Crippen LogP contribution in [0.5, 0.6) is 0 Å². The first-order valence-electron chi connectivity index (χ1n) is 7.13. The van der Waals surface area contributed by atoms with Crippen LogP contribution < -0.4 is 5.32 Å². The van der Waals surface area contributed by atoms with Crippen molar-refractivity contribution >= 4 is 46.6 Å². The second-order valence-corrected chi connectivity index (χ2v) is 6.36. The summed E-state index contributed by atoms with van der Waals surface area (Å²) in [7, 11) is 0. The normalized spacial score (nSPS) is 10.2. The quantitative estimate of drug-likeness (QED) is 0.331. The Morgan fingerprint density at radius 2 is 1.92 bits per heavy atom. The number of rotatable bonds is 7. The molecule has 0 fully saturated rings. The molecule has 0 bridgehead atoms. The molecule has 0 aliphatic heterocycles. The number of esters is 1. The van der Waals surface area contributed by atoms with Gasteiger partial charge in [0.05, 0.1) is 16.4 Å². The van der Waals surface area contributed by atoms with Gasteiger partial charge in [-0.15, -0.1) is 11.8 Å². The molecule has 0 saturated carbocycles. The molecule has 0 heterocycles. The highest BCUT2D eigenvalue weighted by Crippen LogP contribution is 2.22. The number of hydrogen-bond acceptors (Lipinski definition) is 6. The highest BCUT2D eigenvalue weighted by Gasteiger charge is 2.12. The fraction of sp³-hybridized carbons (Fsp3) is 0.125. The molecule has 136 valence electrons. The Hall–Kier alpha value is -2.65. The van der Waals surface area contributed by atoms with Crippen molar-refractivity contribution in [3.63, 3.8) is 0 Å². The summed E-state index contributed by atoms with van der Waals surface area (Å²) in [5, 5.41) is 13.1. The van der Waals surface area contributed by atoms with Gasteiger partial charge in [-0.05, 0) is 30.3 Å². The smallest absolute Gasteiger partial charge is 0.316 e. The van der Waals surface area contributed by atoms with E-state index in [2.05, 4.69) is 5.32 Å². The SMILES string of the molecule is O=C(COC(=O)CSc1ccc([N+](=O)[O-])cc1)Nc1cc(Cl)ccc1F. The third-order valence-corrected chi connectivity index (χ3v) is 4.19. The van der Waals surface area contributed by atoms with Crippen LogP contribution in [0.15, 0.2) is 47.4 Å². The minimum absolute atomic E-state index is 0.0538. The van der Waals surface area contributed by atoms with Crippen molar-refractivity contribution in [2.24, 2.45) is 0 Å². The molecule has 1 amide bonds. The van der Waals surface area contributed by atoms with E-state index in [1.54, 1.807) is 0 Å². The number of hydrogen-bond donors (Lipinski definition) is 1. The number of non-ortho nitro benzene ring substituents is 1. The van der Waals surface area contributed by atoms with Gasteiger partial charge in [-0.3, -0.25) is 19.7 Å². The Morgan fingerprint density at radius 1 is 1.23 bits per heavy atom. The van der Waals surface area contributed by atoms with Gasteiger partial charge < -0.3 is 10.1 Å². The fourth-order valence-electron chi connectivity index (χ4n) is 1.77. The number of carbonyl (C=O) groups excluding carboxylic acids is 2. The van der Waals surface area contributed by atoms with Crippen LogP contribution >= 0.6 is 23.4 Å². The molecule has 2 aromatic carbocycles. The number of thioether (sulfide) groups is 1. The average molecular weight is 399 g/mol. The molecule has 0 saturated heterocycles. The van der Waals surface area contributed by atoms with Gasteiger partial charge >= 0.3 is 5.97 Å². The van der Waals surface area contributed by atoms with Crippen LogP contribution in [0, 0.1) is 15.9 Å². The van der Waals surface area contributed by atoms with E-state index in [1.165, 1.54) is 36.4 Å². The van der Waals surface area contributed by atoms with Crippen molar-refractivity contribution in [1.29, 1.82) is 0 Å². The monoisotopic (exact) mass is 398 g/mol. The van der Waals surface area contributed by atoms with E-state index in [0.717, 1.165) is 17.8 Å². The van der Waals surface area contributed by atoms with Crippen LogP contribution in [-0.2, 0) is 14.3 Å². The molecule has 0 spiro atoms. The lowest BCUT2D eigenvalue weighted by Gasteiger charge is -2.08. The molecule has 2 aromatic rings. The van der Waals surface area contributed by atoms with E-state index in [1.807, 2.05) is 0 Å². The summed E-state index contributed by atoms with van der Waals surface area (Å²) in [6.45, 7) is -0.578. The van der Waals surface area contributed by atoms with Crippen LogP contribution in [0.2, 0.25) is 5.02 Å². The Labute approximate surface area is 156 Å². The maximum absolute atomic E-state index is 13.5. The van der Waals surface area contributed by atoms with E-state index in [-0.39, 0.29) is 22.2 Å². The van der Waals surface area contributed by atoms with Gasteiger partial charge in [0.25, 0.3) is 11.6 Å². The molecule has 0 atom stereocenters. The molecule has 26 heavy (non-hydrogen) atoms. The van der Waals surface area contributed by atoms with Crippen molar-refractivity contribution < 1.29 is 23.6 Å². The van der Waals surface area contributed by atoms with Crippen molar-refractivity contribution in [1.82, 2.24) is 0 Å². The minimum Gasteiger partial charge on any atom is -0.455 e. The molecule has 0 aromatic heterocycles. The number of nitrogens with one attached hydrogen (secondary N) is 1. The van der Waals surface area contributed by atoms with Crippen LogP contribution in [-0.4, -0.2) is 29.2 Å². The zero-order valence-electron chi connectivity index (χ0n) is 13.1. The summed E-state index contributed by atoms with van der Waals surface area (Å²) in [6.07, 6.45) is 0. The van der Waals surface area contributed by atoms with Gasteiger partial charge in [0, 0.05) is 22.1 Å². The van der Waals surface area contributed by atoms with Gasteiger partial charge in [0.1, 0.15) is 5.82 Å². The first-order valence-corrected chi connectivity index (χ1v) is 8.49. The van der Waals surface area contributed by atoms with Gasteiger partial charge in [0.2, 0.25) is 0 Å². The summed E-state index contributed by atoms with van der Waals surface area (Å²) in [6, 6.07) is 9.32. The molecule has 0 radical (unpaired) electrons. The van der Waals surface area contributed by atoms with Crippen LogP contribution in [0.4, 0.5) is 15.8 Å². The number of benzene rings is 2. The molecule has 0 aliphatic rings. The highest BCUT2D eigenvalue weighted by atomic mass is 35.5. The number of nitro benzene ring substituents is 1. The maximum Gasteiger partial charge on any atom is 0.316 e. The van der Waals surface area contributed by atoms with Gasteiger partial charge in [-0.1, -0.05) is 11.6 Å². The zero-order valence-corrected chi connectivity index (χ0v) is 14.7. The number of nitrogens with zero attached hydrogens (tertiary/aromatic N) is 1. The standard InChI is InChI=1S/C16H12ClFN2O5S/c17-10-1-6-13(18)14(7-10)19-15(21)8-25-16(22)9-26-12-4-2-11(3-5-12)20(23)24/h1-7H,8-9H2,(H,19,21). The summed E-state index contributed by atoms with van der Waals surface area (Å²) < 4.78 is 18.3. The lowest BCUT2D eigenvalue weighted by atomic mass is 10.3. The van der Waals surface area contributed by atoms with E-state index < -0.39 is 29.2 Å². The molecule has 0 aliphatic carbocycles. The number of amides is 1. The Balaban J connectivity index is 1.76. The number of halogens is 2. The van der Waals surface area contributed by atoms with Crippen molar-refractivity contribution in [2.75, 3.05) is 17.7 Å². The summed E-state index contributed by atoms with van der Waals surface area (Å²) >= 11 is 6.81. The Morgan fingerprint density at radius 3 is 2.58 bits per heavy atom. The maximum atomic E-state index is 13.5. The number of anilines is 1. The molecule has 7 nitrogen and oxygen atoms in total. The Bertz CT molecular complexity index is 832. The number of carbonyl (C=O) groups is 2. The van der Waals surface area contributed by atoms with E-state index in [0.29, 0.717) is 4.90 Å². The van der Waals surface area contributed by atoms with Crippen molar-refractivity contribution in [3.05, 3.63) is 63.4 Å². The zero-order chi connectivity index (χ0) is 19.1. The largest absolute Gasteiger partial charge is 0.455 e. The lowest BCUT2D eigenvalue weighted by molar-refractivity contribution is -0.384. The van der Waals surface area contributed by atoms with Crippen molar-refractivity contribution in [3.8, 4) is 0 Å². The van der Waals surface area contributed by atoms with Crippen LogP contribution in [0.3, 0.4) is 0 Å². The Kier molecular flexibility index (Phi) is 6.93. The van der Waals surface area contributed by atoms with E-state index in [4.69, 9.17) is 16.3 Å². The van der Waals surface area contributed by atoms with Crippen LogP contribution in [0.1, 0.15) is 0 Å². The minimum atomic E-state index is -0.708. The van der Waals surface area contributed by atoms with E-state index >= 15 is 0 Å². The predicted octanol–water partition coefficient (Wildman–Crippen LogP) is 3.66. The second kappa shape index (κ2) is 9.16. The highest BCUT2D eigenvalue weighted by molar-refractivity contribution is 8.00. The average Bonchev–Trinajstić information content (AvgIpc) is 2.61. The summed E-state index contributed by atoms with van der Waals surface area (Å²) in [5.74, 6) is -2.12. The number of ether oxygens (including phenoxy) is 1. The third-order valence-electron chi connectivity index (χ3n) is 2.97. The molecular weight excluding hydrogens is 387 g/mol. The molecule has 1 N–H and O–H groups in total. The fourth-order valence-corrected chi connectivity index (χ4v) is 2.64. The molecular formula is C16H12ClFN2O5S. The summed E-state index contributed by atoms with van der Waals surface area (Å²) in [4.78, 5) is 34.0. The second-order valence-electron chi connectivity index (χ2n) is 4.87. The number of nitro groups is 1. The molecule has 10 heteroatoms. The summed E-state index contributed by atoms with van der Waals surface area (Å²) in [5.41, 5.74) is -0.166. The van der Waals surface area contributed by atoms with Gasteiger partial charge in [-0.2, -0.15) is 0 Å². The van der Waals surface area contributed by atoms with Gasteiger partial charge in [0.15, 0.2) is 6.61 Å².